The van der Waals surface area contributed by atoms with Crippen LogP contribution in [0.4, 0.5) is 0 Å². The SMILES string of the molecule is CC(N[S+]([O-])C(C)(C)C)c1ccc(-c2ccccc2)cc1. The van der Waals surface area contributed by atoms with Gasteiger partial charge in [-0.1, -0.05) is 54.6 Å². The van der Waals surface area contributed by atoms with Crippen LogP contribution in [-0.4, -0.2) is 9.30 Å². The molecule has 0 spiro atoms. The van der Waals surface area contributed by atoms with Crippen molar-refractivity contribution in [3.05, 3.63) is 60.2 Å². The molecule has 2 rings (SSSR count). The standard InChI is InChI=1S/C18H23NOS/c1-14(19-21(20)18(2,3)4)15-10-12-17(13-11-15)16-8-6-5-7-9-16/h5-14,19H,1-4H3. The van der Waals surface area contributed by atoms with Crippen LogP contribution in [-0.2, 0) is 11.4 Å². The molecule has 2 atom stereocenters. The van der Waals surface area contributed by atoms with E-state index < -0.39 is 11.4 Å². The van der Waals surface area contributed by atoms with Gasteiger partial charge in [0.1, 0.15) is 4.75 Å². The molecule has 2 aromatic carbocycles. The summed E-state index contributed by atoms with van der Waals surface area (Å²) >= 11 is -1.06. The monoisotopic (exact) mass is 301 g/mol. The molecule has 3 heteroatoms. The zero-order valence-electron chi connectivity index (χ0n) is 13.1. The maximum absolute atomic E-state index is 12.1. The number of nitrogens with one attached hydrogen (secondary N) is 1. The predicted molar refractivity (Wildman–Crippen MR) is 91.3 cm³/mol. The van der Waals surface area contributed by atoms with Crippen molar-refractivity contribution in [1.82, 2.24) is 4.72 Å². The summed E-state index contributed by atoms with van der Waals surface area (Å²) < 4.78 is 15.1. The molecule has 1 N–H and O–H groups in total. The lowest BCUT2D eigenvalue weighted by Gasteiger charge is -2.26. The highest BCUT2D eigenvalue weighted by atomic mass is 32.2. The Labute approximate surface area is 130 Å². The molecule has 0 amide bonds. The van der Waals surface area contributed by atoms with Gasteiger partial charge >= 0.3 is 0 Å². The fourth-order valence-corrected chi connectivity index (χ4v) is 2.81. The second-order valence-corrected chi connectivity index (χ2v) is 8.21. The molecule has 0 saturated heterocycles. The van der Waals surface area contributed by atoms with Crippen molar-refractivity contribution in [2.24, 2.45) is 0 Å². The molecular formula is C18H23NOS. The van der Waals surface area contributed by atoms with E-state index in [9.17, 15) is 4.55 Å². The Kier molecular flexibility index (Phi) is 5.09. The summed E-state index contributed by atoms with van der Waals surface area (Å²) in [6, 6.07) is 18.8. The molecule has 112 valence electrons. The Hall–Kier alpha value is -1.29. The van der Waals surface area contributed by atoms with E-state index in [1.807, 2.05) is 45.9 Å². The first-order chi connectivity index (χ1) is 9.88. The van der Waals surface area contributed by atoms with E-state index >= 15 is 0 Å². The Balaban J connectivity index is 2.09. The van der Waals surface area contributed by atoms with Crippen LogP contribution < -0.4 is 4.72 Å². The Morgan fingerprint density at radius 3 is 1.95 bits per heavy atom. The van der Waals surface area contributed by atoms with Crippen molar-refractivity contribution in [2.45, 2.75) is 38.5 Å². The zero-order chi connectivity index (χ0) is 15.5. The Morgan fingerprint density at radius 2 is 1.43 bits per heavy atom. The van der Waals surface area contributed by atoms with Crippen LogP contribution in [0.1, 0.15) is 39.3 Å². The largest absolute Gasteiger partial charge is 0.598 e. The Bertz CT molecular complexity index is 560. The van der Waals surface area contributed by atoms with Crippen molar-refractivity contribution in [2.75, 3.05) is 0 Å². The minimum Gasteiger partial charge on any atom is -0.598 e. The third-order valence-corrected chi connectivity index (χ3v) is 5.04. The molecule has 21 heavy (non-hydrogen) atoms. The fraction of sp³-hybridized carbons (Fsp3) is 0.333. The minimum absolute atomic E-state index is 0.0647. The van der Waals surface area contributed by atoms with Gasteiger partial charge in [0, 0.05) is 11.4 Å². The third-order valence-electron chi connectivity index (χ3n) is 3.36. The lowest BCUT2D eigenvalue weighted by atomic mass is 10.0. The molecule has 2 nitrogen and oxygen atoms in total. The molecule has 0 bridgehead atoms. The maximum atomic E-state index is 12.1. The third kappa shape index (κ3) is 4.34. The summed E-state index contributed by atoms with van der Waals surface area (Å²) in [5.41, 5.74) is 3.55. The molecule has 0 aliphatic rings. The highest BCUT2D eigenvalue weighted by Crippen LogP contribution is 2.23. The lowest BCUT2D eigenvalue weighted by Crippen LogP contribution is -2.40. The second kappa shape index (κ2) is 6.65. The van der Waals surface area contributed by atoms with Gasteiger partial charge in [-0.05, 0) is 44.4 Å². The minimum atomic E-state index is -1.06. The van der Waals surface area contributed by atoms with Crippen LogP contribution >= 0.6 is 0 Å². The van der Waals surface area contributed by atoms with E-state index in [0.717, 1.165) is 5.56 Å². The first kappa shape index (κ1) is 16.1. The van der Waals surface area contributed by atoms with Gasteiger partial charge in [-0.2, -0.15) is 0 Å². The van der Waals surface area contributed by atoms with Gasteiger partial charge in [-0.15, -0.1) is 4.72 Å². The second-order valence-electron chi connectivity index (χ2n) is 6.21. The average Bonchev–Trinajstić information content (AvgIpc) is 2.47. The van der Waals surface area contributed by atoms with E-state index in [1.165, 1.54) is 11.1 Å². The first-order valence-electron chi connectivity index (χ1n) is 7.21. The lowest BCUT2D eigenvalue weighted by molar-refractivity contribution is 0.531. The predicted octanol–water partition coefficient (Wildman–Crippen LogP) is 4.47. The molecule has 0 aliphatic heterocycles. The Morgan fingerprint density at radius 1 is 0.905 bits per heavy atom. The number of hydrogen-bond acceptors (Lipinski definition) is 2. The maximum Gasteiger partial charge on any atom is 0.136 e. The van der Waals surface area contributed by atoms with Crippen LogP contribution in [0, 0.1) is 0 Å². The van der Waals surface area contributed by atoms with Crippen molar-refractivity contribution in [3.8, 4) is 11.1 Å². The van der Waals surface area contributed by atoms with E-state index in [0.29, 0.717) is 0 Å². The number of benzene rings is 2. The molecular weight excluding hydrogens is 278 g/mol. The molecule has 2 aromatic rings. The first-order valence-corrected chi connectivity index (χ1v) is 8.36. The van der Waals surface area contributed by atoms with Crippen LogP contribution in [0.5, 0.6) is 0 Å². The van der Waals surface area contributed by atoms with Crippen molar-refractivity contribution >= 4 is 11.4 Å². The van der Waals surface area contributed by atoms with Crippen LogP contribution in [0.25, 0.3) is 11.1 Å². The quantitative estimate of drug-likeness (QED) is 0.846. The molecule has 0 heterocycles. The number of hydrogen-bond donors (Lipinski definition) is 1. The summed E-state index contributed by atoms with van der Waals surface area (Å²) in [5, 5.41) is 0. The number of rotatable bonds is 4. The summed E-state index contributed by atoms with van der Waals surface area (Å²) in [4.78, 5) is 0. The summed E-state index contributed by atoms with van der Waals surface area (Å²) in [7, 11) is 0. The molecule has 0 saturated carbocycles. The van der Waals surface area contributed by atoms with Crippen LogP contribution in [0.15, 0.2) is 54.6 Å². The van der Waals surface area contributed by atoms with Gasteiger partial charge in [0.15, 0.2) is 0 Å². The van der Waals surface area contributed by atoms with Gasteiger partial charge < -0.3 is 4.55 Å². The zero-order valence-corrected chi connectivity index (χ0v) is 13.9. The van der Waals surface area contributed by atoms with Gasteiger partial charge in [-0.3, -0.25) is 0 Å². The normalized spacial score (nSPS) is 14.7. The highest BCUT2D eigenvalue weighted by Gasteiger charge is 2.28. The summed E-state index contributed by atoms with van der Waals surface area (Å²) in [6.07, 6.45) is 0. The summed E-state index contributed by atoms with van der Waals surface area (Å²) in [6.45, 7) is 7.96. The molecule has 0 radical (unpaired) electrons. The average molecular weight is 301 g/mol. The van der Waals surface area contributed by atoms with Gasteiger partial charge in [-0.25, -0.2) is 0 Å². The van der Waals surface area contributed by atoms with Crippen LogP contribution in [0.3, 0.4) is 0 Å². The van der Waals surface area contributed by atoms with Gasteiger partial charge in [0.05, 0.1) is 6.04 Å². The smallest absolute Gasteiger partial charge is 0.136 e. The van der Waals surface area contributed by atoms with Gasteiger partial charge in [0.2, 0.25) is 0 Å². The van der Waals surface area contributed by atoms with Crippen molar-refractivity contribution in [1.29, 1.82) is 0 Å². The van der Waals surface area contributed by atoms with E-state index in [-0.39, 0.29) is 10.8 Å². The molecule has 0 aliphatic carbocycles. The highest BCUT2D eigenvalue weighted by molar-refractivity contribution is 7.90. The van der Waals surface area contributed by atoms with Gasteiger partial charge in [0.25, 0.3) is 0 Å². The van der Waals surface area contributed by atoms with Crippen molar-refractivity contribution < 1.29 is 4.55 Å². The van der Waals surface area contributed by atoms with Crippen LogP contribution in [0.2, 0.25) is 0 Å². The molecule has 2 unspecified atom stereocenters. The molecule has 0 fully saturated rings. The fourth-order valence-electron chi connectivity index (χ4n) is 2.00. The topological polar surface area (TPSA) is 35.1 Å². The summed E-state index contributed by atoms with van der Waals surface area (Å²) in [5.74, 6) is 0. The van der Waals surface area contributed by atoms with E-state index in [1.54, 1.807) is 0 Å². The van der Waals surface area contributed by atoms with E-state index in [4.69, 9.17) is 0 Å². The molecule has 0 aromatic heterocycles. The van der Waals surface area contributed by atoms with E-state index in [2.05, 4.69) is 41.1 Å². The van der Waals surface area contributed by atoms with Crippen molar-refractivity contribution in [3.63, 3.8) is 0 Å².